The van der Waals surface area contributed by atoms with Crippen LogP contribution in [0.2, 0.25) is 0 Å². The first-order valence-electron chi connectivity index (χ1n) is 7.54. The summed E-state index contributed by atoms with van der Waals surface area (Å²) in [5.74, 6) is 0.716. The number of nitrogens with zero attached hydrogens (tertiary/aromatic N) is 2. The van der Waals surface area contributed by atoms with E-state index in [-0.39, 0.29) is 11.5 Å². The quantitative estimate of drug-likeness (QED) is 0.708. The minimum absolute atomic E-state index is 0.239. The van der Waals surface area contributed by atoms with Crippen molar-refractivity contribution < 1.29 is 19.0 Å². The molecule has 3 aromatic rings. The molecule has 3 rings (SSSR count). The molecule has 0 spiro atoms. The van der Waals surface area contributed by atoms with Crippen molar-refractivity contribution in [1.82, 2.24) is 9.55 Å². The Labute approximate surface area is 147 Å². The van der Waals surface area contributed by atoms with Crippen molar-refractivity contribution in [3.63, 3.8) is 0 Å². The third kappa shape index (κ3) is 3.08. The predicted octanol–water partition coefficient (Wildman–Crippen LogP) is 2.76. The highest BCUT2D eigenvalue weighted by Crippen LogP contribution is 2.30. The maximum absolute atomic E-state index is 11.8. The van der Waals surface area contributed by atoms with Gasteiger partial charge in [-0.3, -0.25) is 9.98 Å². The van der Waals surface area contributed by atoms with Gasteiger partial charge in [0, 0.05) is 11.5 Å². The lowest BCUT2D eigenvalue weighted by atomic mass is 10.2. The molecule has 0 atom stereocenters. The summed E-state index contributed by atoms with van der Waals surface area (Å²) in [6.45, 7) is 2.08. The summed E-state index contributed by atoms with van der Waals surface area (Å²) < 4.78 is 17.2. The number of ether oxygens (including phenoxy) is 3. The van der Waals surface area contributed by atoms with Crippen LogP contribution in [0.3, 0.4) is 0 Å². The molecule has 0 fully saturated rings. The van der Waals surface area contributed by atoms with E-state index in [4.69, 9.17) is 19.6 Å². The highest BCUT2D eigenvalue weighted by atomic mass is 32.1. The topological polar surface area (TPSA) is 86.4 Å². The number of nitrogens with one attached hydrogen (secondary N) is 1. The van der Waals surface area contributed by atoms with Gasteiger partial charge in [0.2, 0.25) is 0 Å². The highest BCUT2D eigenvalue weighted by molar-refractivity contribution is 7.16. The predicted molar refractivity (Wildman–Crippen MR) is 93.9 cm³/mol. The Kier molecular flexibility index (Phi) is 4.71. The van der Waals surface area contributed by atoms with E-state index in [1.54, 1.807) is 56.3 Å². The van der Waals surface area contributed by atoms with Gasteiger partial charge in [0.05, 0.1) is 26.3 Å². The Morgan fingerprint density at radius 2 is 1.96 bits per heavy atom. The number of thiophene rings is 1. The lowest BCUT2D eigenvalue weighted by Crippen LogP contribution is -2.18. The number of carbonyl (C=O) groups excluding carboxylic acids is 1. The maximum atomic E-state index is 11.8. The fourth-order valence-corrected chi connectivity index (χ4v) is 3.28. The Hall–Kier alpha value is -2.87. The summed E-state index contributed by atoms with van der Waals surface area (Å²) >= 11 is 1.25. The number of aromatic nitrogens is 2. The van der Waals surface area contributed by atoms with Crippen LogP contribution in [0.25, 0.3) is 15.9 Å². The zero-order valence-electron chi connectivity index (χ0n) is 14.0. The molecule has 7 nitrogen and oxygen atoms in total. The van der Waals surface area contributed by atoms with Gasteiger partial charge < -0.3 is 14.2 Å². The second kappa shape index (κ2) is 6.94. The van der Waals surface area contributed by atoms with E-state index < -0.39 is 0 Å². The molecule has 2 heterocycles. The molecule has 2 aromatic heterocycles. The molecule has 25 heavy (non-hydrogen) atoms. The van der Waals surface area contributed by atoms with Gasteiger partial charge in [-0.25, -0.2) is 9.78 Å². The largest absolute Gasteiger partial charge is 0.493 e. The zero-order valence-corrected chi connectivity index (χ0v) is 14.8. The van der Waals surface area contributed by atoms with Crippen molar-refractivity contribution in [3.8, 4) is 16.5 Å². The maximum Gasteiger partial charge on any atom is 0.348 e. The van der Waals surface area contributed by atoms with Crippen LogP contribution in [0, 0.1) is 5.41 Å². The van der Waals surface area contributed by atoms with Gasteiger partial charge in [-0.1, -0.05) is 0 Å². The number of benzene rings is 1. The van der Waals surface area contributed by atoms with Crippen LogP contribution in [0.1, 0.15) is 16.6 Å². The average Bonchev–Trinajstić information content (AvgIpc) is 3.11. The molecule has 0 unspecified atom stereocenters. The first-order chi connectivity index (χ1) is 12.1. The second-order valence-electron chi connectivity index (χ2n) is 5.05. The van der Waals surface area contributed by atoms with Crippen LogP contribution >= 0.6 is 11.3 Å². The Morgan fingerprint density at radius 3 is 2.64 bits per heavy atom. The number of hydrogen-bond acceptors (Lipinski definition) is 7. The SMILES string of the molecule is CCOC(=O)c1ccc(-n2cnc3cc(OC)c(OC)cc3c2=N)s1. The number of methoxy groups -OCH3 is 2. The summed E-state index contributed by atoms with van der Waals surface area (Å²) in [5, 5.41) is 9.81. The Balaban J connectivity index is 2.10. The first kappa shape index (κ1) is 17.0. The summed E-state index contributed by atoms with van der Waals surface area (Å²) in [7, 11) is 3.10. The smallest absolute Gasteiger partial charge is 0.348 e. The van der Waals surface area contributed by atoms with Crippen molar-refractivity contribution in [1.29, 1.82) is 5.41 Å². The summed E-state index contributed by atoms with van der Waals surface area (Å²) in [4.78, 5) is 16.7. The lowest BCUT2D eigenvalue weighted by Gasteiger charge is -2.10. The molecule has 1 aromatic carbocycles. The van der Waals surface area contributed by atoms with E-state index >= 15 is 0 Å². The lowest BCUT2D eigenvalue weighted by molar-refractivity contribution is 0.0532. The van der Waals surface area contributed by atoms with Crippen LogP contribution in [-0.4, -0.2) is 36.3 Å². The van der Waals surface area contributed by atoms with Crippen molar-refractivity contribution in [2.24, 2.45) is 0 Å². The molecule has 0 aliphatic carbocycles. The molecule has 0 radical (unpaired) electrons. The third-order valence-corrected chi connectivity index (χ3v) is 4.68. The molecule has 0 aliphatic rings. The summed E-state index contributed by atoms with van der Waals surface area (Å²) in [6.07, 6.45) is 1.55. The fraction of sp³-hybridized carbons (Fsp3) is 0.235. The van der Waals surface area contributed by atoms with Crippen LogP contribution in [0.15, 0.2) is 30.6 Å². The molecule has 130 valence electrons. The Bertz CT molecular complexity index is 993. The minimum atomic E-state index is -0.369. The molecule has 0 saturated carbocycles. The van der Waals surface area contributed by atoms with E-state index in [9.17, 15) is 4.79 Å². The van der Waals surface area contributed by atoms with Gasteiger partial charge in [-0.2, -0.15) is 0 Å². The normalized spacial score (nSPS) is 10.7. The molecule has 0 aliphatic heterocycles. The standard InChI is InChI=1S/C17H17N3O4S/c1-4-24-17(21)14-5-6-15(25-14)20-9-19-11-8-13(23-3)12(22-2)7-10(11)16(20)18/h5-9,18H,4H2,1-3H3. The molecular weight excluding hydrogens is 342 g/mol. The fourth-order valence-electron chi connectivity index (χ4n) is 2.41. The monoisotopic (exact) mass is 359 g/mol. The number of rotatable bonds is 5. The van der Waals surface area contributed by atoms with Crippen LogP contribution in [0.4, 0.5) is 0 Å². The van der Waals surface area contributed by atoms with E-state index in [0.29, 0.717) is 38.9 Å². The second-order valence-corrected chi connectivity index (χ2v) is 6.11. The van der Waals surface area contributed by atoms with Gasteiger partial charge in [0.25, 0.3) is 0 Å². The number of esters is 1. The van der Waals surface area contributed by atoms with E-state index in [2.05, 4.69) is 4.98 Å². The number of fused-ring (bicyclic) bond motifs is 1. The molecule has 0 saturated heterocycles. The van der Waals surface area contributed by atoms with Gasteiger partial charge >= 0.3 is 5.97 Å². The number of carbonyl (C=O) groups is 1. The van der Waals surface area contributed by atoms with Crippen molar-refractivity contribution >= 4 is 28.2 Å². The van der Waals surface area contributed by atoms with Gasteiger partial charge in [-0.15, -0.1) is 11.3 Å². The minimum Gasteiger partial charge on any atom is -0.493 e. The van der Waals surface area contributed by atoms with E-state index in [1.807, 2.05) is 0 Å². The highest BCUT2D eigenvalue weighted by Gasteiger charge is 2.14. The Morgan fingerprint density at radius 1 is 1.24 bits per heavy atom. The molecule has 0 amide bonds. The van der Waals surface area contributed by atoms with Gasteiger partial charge in [-0.05, 0) is 25.1 Å². The van der Waals surface area contributed by atoms with Gasteiger partial charge in [0.15, 0.2) is 11.5 Å². The van der Waals surface area contributed by atoms with Gasteiger partial charge in [0.1, 0.15) is 21.7 Å². The van der Waals surface area contributed by atoms with Crippen molar-refractivity contribution in [2.45, 2.75) is 6.92 Å². The average molecular weight is 359 g/mol. The third-order valence-electron chi connectivity index (χ3n) is 3.62. The van der Waals surface area contributed by atoms with Crippen LogP contribution in [0.5, 0.6) is 11.5 Å². The summed E-state index contributed by atoms with van der Waals surface area (Å²) in [6, 6.07) is 6.90. The summed E-state index contributed by atoms with van der Waals surface area (Å²) in [5.41, 5.74) is 0.865. The van der Waals surface area contributed by atoms with Crippen LogP contribution < -0.4 is 15.0 Å². The van der Waals surface area contributed by atoms with E-state index in [0.717, 1.165) is 0 Å². The van der Waals surface area contributed by atoms with Crippen molar-refractivity contribution in [3.05, 3.63) is 41.0 Å². The van der Waals surface area contributed by atoms with Crippen molar-refractivity contribution in [2.75, 3.05) is 20.8 Å². The van der Waals surface area contributed by atoms with E-state index in [1.165, 1.54) is 11.3 Å². The molecular formula is C17H17N3O4S. The molecule has 1 N–H and O–H groups in total. The molecule has 8 heteroatoms. The molecule has 0 bridgehead atoms. The number of hydrogen-bond donors (Lipinski definition) is 1. The zero-order chi connectivity index (χ0) is 18.0. The van der Waals surface area contributed by atoms with Crippen LogP contribution in [-0.2, 0) is 4.74 Å². The first-order valence-corrected chi connectivity index (χ1v) is 8.36.